The summed E-state index contributed by atoms with van der Waals surface area (Å²) in [6.07, 6.45) is 4.49. The summed E-state index contributed by atoms with van der Waals surface area (Å²) in [4.78, 5) is 11.0. The molecule has 0 N–H and O–H groups in total. The number of benzene rings is 1. The molecule has 0 saturated heterocycles. The van der Waals surface area contributed by atoms with E-state index < -0.39 is 0 Å². The van der Waals surface area contributed by atoms with E-state index in [-0.39, 0.29) is 11.9 Å². The third-order valence-electron chi connectivity index (χ3n) is 5.69. The number of aryl methyl sites for hydroxylation is 2. The fourth-order valence-electron chi connectivity index (χ4n) is 3.99. The zero-order chi connectivity index (χ0) is 23.5. The SMILES string of the molecule is CCC(c1ccc(F)cc1)N(C)c1nnc(-c2ccc(-n3cnc(C)c3)c(OC)n2)cc1C. The van der Waals surface area contributed by atoms with Crippen molar-refractivity contribution in [2.24, 2.45) is 0 Å². The van der Waals surface area contributed by atoms with Gasteiger partial charge in [0.15, 0.2) is 5.82 Å². The van der Waals surface area contributed by atoms with E-state index in [2.05, 4.69) is 32.0 Å². The van der Waals surface area contributed by atoms with E-state index >= 15 is 0 Å². The number of imidazole rings is 1. The van der Waals surface area contributed by atoms with E-state index in [1.165, 1.54) is 12.1 Å². The fraction of sp³-hybridized carbons (Fsp3) is 0.280. The Morgan fingerprint density at radius 1 is 1.06 bits per heavy atom. The molecule has 3 heterocycles. The number of halogens is 1. The van der Waals surface area contributed by atoms with Gasteiger partial charge in [-0.25, -0.2) is 14.4 Å². The van der Waals surface area contributed by atoms with Crippen molar-refractivity contribution in [3.63, 3.8) is 0 Å². The minimum Gasteiger partial charge on any atom is -0.479 e. The van der Waals surface area contributed by atoms with Crippen LogP contribution in [0.4, 0.5) is 10.2 Å². The van der Waals surface area contributed by atoms with Crippen LogP contribution in [0.25, 0.3) is 17.1 Å². The molecule has 0 amide bonds. The van der Waals surface area contributed by atoms with Crippen molar-refractivity contribution in [2.45, 2.75) is 33.2 Å². The van der Waals surface area contributed by atoms with Crippen LogP contribution in [-0.2, 0) is 0 Å². The van der Waals surface area contributed by atoms with Gasteiger partial charge in [-0.3, -0.25) is 0 Å². The quantitative estimate of drug-likeness (QED) is 0.395. The van der Waals surface area contributed by atoms with Crippen LogP contribution < -0.4 is 9.64 Å². The topological polar surface area (TPSA) is 69.0 Å². The van der Waals surface area contributed by atoms with Crippen LogP contribution in [-0.4, -0.2) is 38.9 Å². The maximum atomic E-state index is 13.4. The fourth-order valence-corrected chi connectivity index (χ4v) is 3.99. The van der Waals surface area contributed by atoms with E-state index in [4.69, 9.17) is 4.74 Å². The number of pyridine rings is 1. The molecule has 4 rings (SSSR count). The second kappa shape index (κ2) is 9.36. The maximum Gasteiger partial charge on any atom is 0.238 e. The van der Waals surface area contributed by atoms with Gasteiger partial charge < -0.3 is 14.2 Å². The highest BCUT2D eigenvalue weighted by Gasteiger charge is 2.20. The molecule has 4 aromatic rings. The number of hydrogen-bond donors (Lipinski definition) is 0. The first kappa shape index (κ1) is 22.4. The third-order valence-corrected chi connectivity index (χ3v) is 5.69. The van der Waals surface area contributed by atoms with Crippen molar-refractivity contribution in [1.82, 2.24) is 24.7 Å². The Labute approximate surface area is 192 Å². The van der Waals surface area contributed by atoms with E-state index in [1.807, 2.05) is 62.0 Å². The van der Waals surface area contributed by atoms with Gasteiger partial charge in [-0.15, -0.1) is 10.2 Å². The summed E-state index contributed by atoms with van der Waals surface area (Å²) >= 11 is 0. The van der Waals surface area contributed by atoms with Crippen molar-refractivity contribution in [1.29, 1.82) is 0 Å². The Morgan fingerprint density at radius 2 is 1.82 bits per heavy atom. The summed E-state index contributed by atoms with van der Waals surface area (Å²) in [5.41, 5.74) is 5.04. The number of methoxy groups -OCH3 is 1. The Morgan fingerprint density at radius 3 is 2.42 bits per heavy atom. The van der Waals surface area contributed by atoms with Crippen LogP contribution in [0.1, 0.15) is 36.2 Å². The van der Waals surface area contributed by atoms with Gasteiger partial charge in [-0.1, -0.05) is 19.1 Å². The van der Waals surface area contributed by atoms with Crippen LogP contribution >= 0.6 is 0 Å². The molecule has 8 heteroatoms. The molecule has 1 unspecified atom stereocenters. The maximum absolute atomic E-state index is 13.4. The first-order valence-corrected chi connectivity index (χ1v) is 10.8. The smallest absolute Gasteiger partial charge is 0.238 e. The van der Waals surface area contributed by atoms with Crippen molar-refractivity contribution >= 4 is 5.82 Å². The molecule has 170 valence electrons. The first-order chi connectivity index (χ1) is 15.9. The van der Waals surface area contributed by atoms with E-state index in [0.29, 0.717) is 17.3 Å². The van der Waals surface area contributed by atoms with Gasteiger partial charge in [0, 0.05) is 13.2 Å². The van der Waals surface area contributed by atoms with E-state index in [9.17, 15) is 4.39 Å². The van der Waals surface area contributed by atoms with Gasteiger partial charge in [0.25, 0.3) is 0 Å². The van der Waals surface area contributed by atoms with Crippen molar-refractivity contribution in [3.05, 3.63) is 77.6 Å². The number of aromatic nitrogens is 5. The van der Waals surface area contributed by atoms with Gasteiger partial charge in [0.1, 0.15) is 17.2 Å². The highest BCUT2D eigenvalue weighted by atomic mass is 19.1. The molecule has 0 aliphatic heterocycles. The van der Waals surface area contributed by atoms with Crippen LogP contribution in [0.15, 0.2) is 55.0 Å². The monoisotopic (exact) mass is 446 g/mol. The van der Waals surface area contributed by atoms with Gasteiger partial charge in [-0.05, 0) is 61.7 Å². The van der Waals surface area contributed by atoms with Crippen LogP contribution in [0, 0.1) is 19.7 Å². The van der Waals surface area contributed by atoms with E-state index in [0.717, 1.165) is 34.7 Å². The Bertz CT molecular complexity index is 1250. The second-order valence-electron chi connectivity index (χ2n) is 7.97. The molecule has 0 spiro atoms. The highest BCUT2D eigenvalue weighted by Crippen LogP contribution is 2.31. The largest absolute Gasteiger partial charge is 0.479 e. The Hall–Kier alpha value is -3.81. The molecular weight excluding hydrogens is 419 g/mol. The number of rotatable bonds is 7. The number of ether oxygens (including phenoxy) is 1. The van der Waals surface area contributed by atoms with Gasteiger partial charge in [0.2, 0.25) is 5.88 Å². The standard InChI is InChI=1S/C25H27FN6O/c1-6-22(18-7-9-19(26)10-8-18)31(4)24-16(2)13-21(29-30-24)20-11-12-23(25(28-20)33-5)32-14-17(3)27-15-32/h7-15,22H,6H2,1-5H3. The minimum atomic E-state index is -0.242. The van der Waals surface area contributed by atoms with Crippen LogP contribution in [0.3, 0.4) is 0 Å². The summed E-state index contributed by atoms with van der Waals surface area (Å²) < 4.78 is 20.8. The molecule has 0 aliphatic carbocycles. The molecule has 0 fully saturated rings. The normalized spacial score (nSPS) is 11.9. The number of hydrogen-bond acceptors (Lipinski definition) is 6. The molecule has 0 aliphatic rings. The Balaban J connectivity index is 1.64. The molecule has 0 bridgehead atoms. The van der Waals surface area contributed by atoms with Gasteiger partial charge in [0.05, 0.1) is 30.9 Å². The first-order valence-electron chi connectivity index (χ1n) is 10.8. The predicted molar refractivity (Wildman–Crippen MR) is 126 cm³/mol. The van der Waals surface area contributed by atoms with Crippen LogP contribution in [0.2, 0.25) is 0 Å². The summed E-state index contributed by atoms with van der Waals surface area (Å²) in [6.45, 7) is 6.03. The summed E-state index contributed by atoms with van der Waals surface area (Å²) in [6, 6.07) is 12.5. The Kier molecular flexibility index (Phi) is 6.35. The molecule has 1 aromatic carbocycles. The predicted octanol–water partition coefficient (Wildman–Crippen LogP) is 5.08. The third kappa shape index (κ3) is 4.55. The summed E-state index contributed by atoms with van der Waals surface area (Å²) in [7, 11) is 3.58. The van der Waals surface area contributed by atoms with Gasteiger partial charge in [-0.2, -0.15) is 0 Å². The lowest BCUT2D eigenvalue weighted by atomic mass is 10.0. The van der Waals surface area contributed by atoms with Crippen LogP contribution in [0.5, 0.6) is 5.88 Å². The summed E-state index contributed by atoms with van der Waals surface area (Å²) in [5.74, 6) is 1.01. The van der Waals surface area contributed by atoms with Gasteiger partial charge >= 0.3 is 0 Å². The van der Waals surface area contributed by atoms with E-state index in [1.54, 1.807) is 13.4 Å². The molecule has 0 radical (unpaired) electrons. The van der Waals surface area contributed by atoms with Crippen molar-refractivity contribution in [3.8, 4) is 23.0 Å². The molecule has 7 nitrogen and oxygen atoms in total. The number of anilines is 1. The zero-order valence-electron chi connectivity index (χ0n) is 19.5. The molecule has 3 aromatic heterocycles. The molecule has 33 heavy (non-hydrogen) atoms. The van der Waals surface area contributed by atoms with Crippen molar-refractivity contribution in [2.75, 3.05) is 19.1 Å². The molecular formula is C25H27FN6O. The van der Waals surface area contributed by atoms with Crippen molar-refractivity contribution < 1.29 is 9.13 Å². The lowest BCUT2D eigenvalue weighted by Gasteiger charge is -2.29. The molecule has 0 saturated carbocycles. The lowest BCUT2D eigenvalue weighted by molar-refractivity contribution is 0.396. The lowest BCUT2D eigenvalue weighted by Crippen LogP contribution is -2.25. The highest BCUT2D eigenvalue weighted by molar-refractivity contribution is 5.61. The molecule has 1 atom stereocenters. The summed E-state index contributed by atoms with van der Waals surface area (Å²) in [5, 5.41) is 8.96. The zero-order valence-corrected chi connectivity index (χ0v) is 19.5. The average Bonchev–Trinajstić information content (AvgIpc) is 3.26. The average molecular weight is 447 g/mol. The number of nitrogens with zero attached hydrogens (tertiary/aromatic N) is 6. The second-order valence-corrected chi connectivity index (χ2v) is 7.97. The minimum absolute atomic E-state index is 0.0561.